The van der Waals surface area contributed by atoms with Crippen molar-refractivity contribution in [2.75, 3.05) is 5.75 Å². The molecule has 1 aromatic rings. The van der Waals surface area contributed by atoms with E-state index >= 15 is 0 Å². The molecule has 1 saturated carbocycles. The van der Waals surface area contributed by atoms with Crippen molar-refractivity contribution in [1.29, 1.82) is 0 Å². The highest BCUT2D eigenvalue weighted by molar-refractivity contribution is 7.99. The van der Waals surface area contributed by atoms with Crippen molar-refractivity contribution < 1.29 is 4.79 Å². The maximum atomic E-state index is 11.9. The second kappa shape index (κ2) is 5.73. The Bertz CT molecular complexity index is 337. The predicted octanol–water partition coefficient (Wildman–Crippen LogP) is 3.15. The van der Waals surface area contributed by atoms with E-state index < -0.39 is 0 Å². The summed E-state index contributed by atoms with van der Waals surface area (Å²) in [4.78, 5) is 11.9. The first-order valence-corrected chi connectivity index (χ1v) is 7.75. The highest BCUT2D eigenvalue weighted by atomic mass is 32.2. The summed E-state index contributed by atoms with van der Waals surface area (Å²) in [7, 11) is 0. The summed E-state index contributed by atoms with van der Waals surface area (Å²) in [5, 5.41) is 7.64. The summed E-state index contributed by atoms with van der Waals surface area (Å²) in [5.74, 6) is 1.23. The van der Waals surface area contributed by atoms with E-state index in [2.05, 4.69) is 12.2 Å². The summed E-state index contributed by atoms with van der Waals surface area (Å²) in [6.45, 7) is 2.18. The van der Waals surface area contributed by atoms with Crippen LogP contribution in [0.3, 0.4) is 0 Å². The van der Waals surface area contributed by atoms with Gasteiger partial charge in [0.25, 0.3) is 5.91 Å². The molecule has 16 heavy (non-hydrogen) atoms. The third-order valence-corrected chi connectivity index (χ3v) is 4.94. The lowest BCUT2D eigenvalue weighted by Gasteiger charge is -2.19. The van der Waals surface area contributed by atoms with Crippen molar-refractivity contribution >= 4 is 29.0 Å². The Balaban J connectivity index is 1.91. The van der Waals surface area contributed by atoms with Crippen LogP contribution in [0.4, 0.5) is 0 Å². The molecule has 0 aromatic carbocycles. The van der Waals surface area contributed by atoms with E-state index in [-0.39, 0.29) is 5.91 Å². The molecule has 1 aromatic heterocycles. The van der Waals surface area contributed by atoms with Crippen molar-refractivity contribution in [3.05, 3.63) is 22.4 Å². The third-order valence-electron chi connectivity index (χ3n) is 2.93. The molecule has 0 bridgehead atoms. The van der Waals surface area contributed by atoms with Crippen LogP contribution in [0.25, 0.3) is 0 Å². The number of thiophene rings is 1. The fraction of sp³-hybridized carbons (Fsp3) is 0.583. The SMILES string of the molecule is CCS[C@@H]1CCC[C@H]1NC(=O)c1ccsc1. The van der Waals surface area contributed by atoms with Crippen LogP contribution in [-0.2, 0) is 0 Å². The van der Waals surface area contributed by atoms with E-state index in [1.807, 2.05) is 28.6 Å². The molecule has 88 valence electrons. The van der Waals surface area contributed by atoms with Crippen LogP contribution in [0.2, 0.25) is 0 Å². The van der Waals surface area contributed by atoms with Gasteiger partial charge >= 0.3 is 0 Å². The lowest BCUT2D eigenvalue weighted by Crippen LogP contribution is -2.38. The fourth-order valence-corrected chi connectivity index (χ4v) is 3.98. The zero-order valence-corrected chi connectivity index (χ0v) is 11.1. The Morgan fingerprint density at radius 1 is 1.62 bits per heavy atom. The molecule has 0 aliphatic heterocycles. The number of hydrogen-bond acceptors (Lipinski definition) is 3. The van der Waals surface area contributed by atoms with Gasteiger partial charge in [-0.3, -0.25) is 4.79 Å². The van der Waals surface area contributed by atoms with Gasteiger partial charge in [0.2, 0.25) is 0 Å². The Hall–Kier alpha value is -0.480. The third kappa shape index (κ3) is 2.80. The van der Waals surface area contributed by atoms with Gasteiger partial charge < -0.3 is 5.32 Å². The molecule has 1 aliphatic rings. The average molecular weight is 255 g/mol. The molecular formula is C12H17NOS2. The molecule has 1 N–H and O–H groups in total. The molecule has 0 saturated heterocycles. The second-order valence-electron chi connectivity index (χ2n) is 4.02. The van der Waals surface area contributed by atoms with Crippen LogP contribution in [0, 0.1) is 0 Å². The molecule has 1 aliphatic carbocycles. The molecule has 1 heterocycles. The van der Waals surface area contributed by atoms with E-state index in [9.17, 15) is 4.79 Å². The van der Waals surface area contributed by atoms with E-state index in [1.54, 1.807) is 11.3 Å². The normalized spacial score (nSPS) is 24.6. The molecule has 2 nitrogen and oxygen atoms in total. The minimum atomic E-state index is 0.0925. The molecule has 2 atom stereocenters. The lowest BCUT2D eigenvalue weighted by molar-refractivity contribution is 0.0939. The number of nitrogens with one attached hydrogen (secondary N) is 1. The molecule has 0 unspecified atom stereocenters. The summed E-state index contributed by atoms with van der Waals surface area (Å²) >= 11 is 3.54. The number of hydrogen-bond donors (Lipinski definition) is 1. The van der Waals surface area contributed by atoms with Crippen LogP contribution in [0.1, 0.15) is 36.5 Å². The molecule has 0 spiro atoms. The van der Waals surface area contributed by atoms with Crippen molar-refractivity contribution in [2.24, 2.45) is 0 Å². The van der Waals surface area contributed by atoms with Crippen LogP contribution >= 0.6 is 23.1 Å². The summed E-state index contributed by atoms with van der Waals surface area (Å²) in [6, 6.07) is 2.26. The van der Waals surface area contributed by atoms with Gasteiger partial charge in [0, 0.05) is 22.2 Å². The van der Waals surface area contributed by atoms with Crippen LogP contribution < -0.4 is 5.32 Å². The molecule has 1 fully saturated rings. The van der Waals surface area contributed by atoms with Crippen LogP contribution in [0.15, 0.2) is 16.8 Å². The Morgan fingerprint density at radius 2 is 2.50 bits per heavy atom. The Kier molecular flexibility index (Phi) is 4.29. The Labute approximate surface area is 105 Å². The van der Waals surface area contributed by atoms with Crippen molar-refractivity contribution in [3.63, 3.8) is 0 Å². The zero-order valence-electron chi connectivity index (χ0n) is 9.44. The predicted molar refractivity (Wildman–Crippen MR) is 71.3 cm³/mol. The highest BCUT2D eigenvalue weighted by Crippen LogP contribution is 2.30. The second-order valence-corrected chi connectivity index (χ2v) is 6.31. The molecule has 4 heteroatoms. The quantitative estimate of drug-likeness (QED) is 0.895. The highest BCUT2D eigenvalue weighted by Gasteiger charge is 2.28. The van der Waals surface area contributed by atoms with Gasteiger partial charge in [-0.15, -0.1) is 0 Å². The number of rotatable bonds is 4. The van der Waals surface area contributed by atoms with Gasteiger partial charge in [0.1, 0.15) is 0 Å². The minimum absolute atomic E-state index is 0.0925. The molecule has 1 amide bonds. The van der Waals surface area contributed by atoms with Gasteiger partial charge in [0.15, 0.2) is 0 Å². The maximum absolute atomic E-state index is 11.9. The number of carbonyl (C=O) groups is 1. The van der Waals surface area contributed by atoms with Crippen LogP contribution in [-0.4, -0.2) is 23.0 Å². The van der Waals surface area contributed by atoms with E-state index in [0.29, 0.717) is 11.3 Å². The zero-order chi connectivity index (χ0) is 11.4. The summed E-state index contributed by atoms with van der Waals surface area (Å²) < 4.78 is 0. The molecule has 2 rings (SSSR count). The molecule has 0 radical (unpaired) electrons. The topological polar surface area (TPSA) is 29.1 Å². The summed E-state index contributed by atoms with van der Waals surface area (Å²) in [6.07, 6.45) is 3.62. The first-order valence-electron chi connectivity index (χ1n) is 5.76. The largest absolute Gasteiger partial charge is 0.348 e. The standard InChI is InChI=1S/C12H17NOS2/c1-2-16-11-5-3-4-10(11)13-12(14)9-6-7-15-8-9/h6-8,10-11H,2-5H2,1H3,(H,13,14)/t10-,11-/m1/s1. The first kappa shape index (κ1) is 12.0. The number of carbonyl (C=O) groups excluding carboxylic acids is 1. The van der Waals surface area contributed by atoms with E-state index in [4.69, 9.17) is 0 Å². The molecular weight excluding hydrogens is 238 g/mol. The van der Waals surface area contributed by atoms with Crippen molar-refractivity contribution in [3.8, 4) is 0 Å². The van der Waals surface area contributed by atoms with Gasteiger partial charge in [-0.05, 0) is 30.0 Å². The van der Waals surface area contributed by atoms with Crippen molar-refractivity contribution in [1.82, 2.24) is 5.32 Å². The van der Waals surface area contributed by atoms with E-state index in [0.717, 1.165) is 17.7 Å². The minimum Gasteiger partial charge on any atom is -0.348 e. The average Bonchev–Trinajstić information content (AvgIpc) is 2.90. The monoisotopic (exact) mass is 255 g/mol. The number of thioether (sulfide) groups is 1. The smallest absolute Gasteiger partial charge is 0.252 e. The van der Waals surface area contributed by atoms with Gasteiger partial charge in [-0.1, -0.05) is 13.3 Å². The van der Waals surface area contributed by atoms with Gasteiger partial charge in [-0.25, -0.2) is 0 Å². The lowest BCUT2D eigenvalue weighted by atomic mass is 10.2. The fourth-order valence-electron chi connectivity index (χ4n) is 2.15. The van der Waals surface area contributed by atoms with Gasteiger partial charge in [0.05, 0.1) is 0 Å². The van der Waals surface area contributed by atoms with E-state index in [1.165, 1.54) is 12.8 Å². The summed E-state index contributed by atoms with van der Waals surface area (Å²) in [5.41, 5.74) is 0.803. The first-order chi connectivity index (χ1) is 7.81. The number of amides is 1. The van der Waals surface area contributed by atoms with Crippen molar-refractivity contribution in [2.45, 2.75) is 37.5 Å². The van der Waals surface area contributed by atoms with Crippen LogP contribution in [0.5, 0.6) is 0 Å². The Morgan fingerprint density at radius 3 is 3.19 bits per heavy atom. The van der Waals surface area contributed by atoms with Gasteiger partial charge in [-0.2, -0.15) is 23.1 Å². The maximum Gasteiger partial charge on any atom is 0.252 e.